The van der Waals surface area contributed by atoms with Crippen molar-refractivity contribution in [2.75, 3.05) is 7.11 Å². The minimum Gasteiger partial charge on any atom is -0.497 e. The van der Waals surface area contributed by atoms with Crippen molar-refractivity contribution < 1.29 is 13.9 Å². The fourth-order valence-corrected chi connectivity index (χ4v) is 1.57. The normalized spacial score (nSPS) is 10.0. The Bertz CT molecular complexity index is 555. The Morgan fingerprint density at radius 1 is 1.35 bits per heavy atom. The van der Waals surface area contributed by atoms with Gasteiger partial charge in [-0.1, -0.05) is 12.1 Å². The van der Waals surface area contributed by atoms with E-state index < -0.39 is 5.82 Å². The maximum absolute atomic E-state index is 13.4. The largest absolute Gasteiger partial charge is 0.497 e. The number of rotatable bonds is 3. The third kappa shape index (κ3) is 2.15. The number of methoxy groups -OCH3 is 1. The molecule has 0 saturated heterocycles. The molecule has 1 aromatic carbocycles. The summed E-state index contributed by atoms with van der Waals surface area (Å²) in [4.78, 5) is 15.0. The van der Waals surface area contributed by atoms with Gasteiger partial charge in [0.2, 0.25) is 0 Å². The number of halogens is 1. The fraction of sp³-hybridized carbons (Fsp3) is 0.0769. The van der Waals surface area contributed by atoms with Crippen molar-refractivity contribution in [3.8, 4) is 17.0 Å². The zero-order valence-corrected chi connectivity index (χ0v) is 9.18. The van der Waals surface area contributed by atoms with Crippen molar-refractivity contribution in [3.63, 3.8) is 0 Å². The van der Waals surface area contributed by atoms with Gasteiger partial charge < -0.3 is 4.74 Å². The van der Waals surface area contributed by atoms with E-state index in [0.29, 0.717) is 23.3 Å². The van der Waals surface area contributed by atoms with E-state index in [1.54, 1.807) is 30.5 Å². The Morgan fingerprint density at radius 2 is 2.18 bits per heavy atom. The van der Waals surface area contributed by atoms with Gasteiger partial charge in [-0.05, 0) is 12.1 Å². The van der Waals surface area contributed by atoms with E-state index in [-0.39, 0.29) is 5.56 Å². The number of nitrogens with zero attached hydrogens (tertiary/aromatic N) is 1. The molecule has 0 unspecified atom stereocenters. The van der Waals surface area contributed by atoms with Crippen LogP contribution < -0.4 is 4.74 Å². The highest BCUT2D eigenvalue weighted by molar-refractivity contribution is 5.87. The highest BCUT2D eigenvalue weighted by atomic mass is 19.1. The quantitative estimate of drug-likeness (QED) is 0.762. The van der Waals surface area contributed by atoms with Crippen molar-refractivity contribution in [2.24, 2.45) is 0 Å². The molecule has 4 heteroatoms. The molecule has 2 aromatic rings. The van der Waals surface area contributed by atoms with Gasteiger partial charge in [0, 0.05) is 17.8 Å². The van der Waals surface area contributed by atoms with Crippen LogP contribution in [-0.4, -0.2) is 18.4 Å². The van der Waals surface area contributed by atoms with Gasteiger partial charge in [-0.25, -0.2) is 4.39 Å². The number of carbonyl (C=O) groups excluding carboxylic acids is 1. The molecule has 0 N–H and O–H groups in total. The summed E-state index contributed by atoms with van der Waals surface area (Å²) < 4.78 is 18.5. The van der Waals surface area contributed by atoms with E-state index in [2.05, 4.69) is 4.98 Å². The van der Waals surface area contributed by atoms with Crippen LogP contribution in [0, 0.1) is 5.82 Å². The number of aldehydes is 1. The van der Waals surface area contributed by atoms with Gasteiger partial charge in [0.1, 0.15) is 11.6 Å². The van der Waals surface area contributed by atoms with Crippen LogP contribution in [0.3, 0.4) is 0 Å². The van der Waals surface area contributed by atoms with Gasteiger partial charge in [0.15, 0.2) is 6.29 Å². The maximum atomic E-state index is 13.4. The second-order valence-electron chi connectivity index (χ2n) is 3.40. The zero-order valence-electron chi connectivity index (χ0n) is 9.18. The molecular weight excluding hydrogens is 221 g/mol. The predicted molar refractivity (Wildman–Crippen MR) is 61.6 cm³/mol. The van der Waals surface area contributed by atoms with E-state index in [0.717, 1.165) is 0 Å². The summed E-state index contributed by atoms with van der Waals surface area (Å²) in [7, 11) is 1.53. The van der Waals surface area contributed by atoms with Gasteiger partial charge in [-0.15, -0.1) is 0 Å². The molecule has 0 amide bonds. The second kappa shape index (κ2) is 4.74. The molecule has 0 aliphatic rings. The van der Waals surface area contributed by atoms with Crippen molar-refractivity contribution in [1.29, 1.82) is 0 Å². The lowest BCUT2D eigenvalue weighted by molar-refractivity contribution is 0.112. The highest BCUT2D eigenvalue weighted by Crippen LogP contribution is 2.25. The molecule has 0 atom stereocenters. The first-order chi connectivity index (χ1) is 8.26. The third-order valence-corrected chi connectivity index (χ3v) is 2.41. The van der Waals surface area contributed by atoms with Crippen LogP contribution in [-0.2, 0) is 0 Å². The highest BCUT2D eigenvalue weighted by Gasteiger charge is 2.10. The second-order valence-corrected chi connectivity index (χ2v) is 3.40. The summed E-state index contributed by atoms with van der Waals surface area (Å²) in [5.74, 6) is 0.0539. The van der Waals surface area contributed by atoms with Crippen LogP contribution in [0.2, 0.25) is 0 Å². The van der Waals surface area contributed by atoms with Gasteiger partial charge in [-0.3, -0.25) is 9.78 Å². The summed E-state index contributed by atoms with van der Waals surface area (Å²) in [6, 6.07) is 7.77. The molecule has 86 valence electrons. The number of hydrogen-bond acceptors (Lipinski definition) is 3. The number of aromatic nitrogens is 1. The Hall–Kier alpha value is -2.23. The molecule has 1 aromatic heterocycles. The summed E-state index contributed by atoms with van der Waals surface area (Å²) in [5, 5.41) is 0. The number of pyridine rings is 1. The topological polar surface area (TPSA) is 39.2 Å². The minimum atomic E-state index is -0.554. The lowest BCUT2D eigenvalue weighted by Gasteiger charge is -2.06. The molecule has 1 heterocycles. The van der Waals surface area contributed by atoms with Gasteiger partial charge >= 0.3 is 0 Å². The lowest BCUT2D eigenvalue weighted by atomic mass is 10.0. The summed E-state index contributed by atoms with van der Waals surface area (Å²) in [6.07, 6.45) is 2.04. The first-order valence-corrected chi connectivity index (χ1v) is 5.00. The van der Waals surface area contributed by atoms with Crippen LogP contribution in [0.5, 0.6) is 5.75 Å². The van der Waals surface area contributed by atoms with Crippen LogP contribution in [0.4, 0.5) is 4.39 Å². The fourth-order valence-electron chi connectivity index (χ4n) is 1.57. The Kier molecular flexibility index (Phi) is 3.14. The first-order valence-electron chi connectivity index (χ1n) is 5.00. The van der Waals surface area contributed by atoms with Gasteiger partial charge in [0.25, 0.3) is 0 Å². The van der Waals surface area contributed by atoms with E-state index in [1.165, 1.54) is 13.2 Å². The number of benzene rings is 1. The Morgan fingerprint density at radius 3 is 2.88 bits per heavy atom. The Balaban J connectivity index is 2.59. The van der Waals surface area contributed by atoms with Gasteiger partial charge in [0.05, 0.1) is 18.4 Å². The van der Waals surface area contributed by atoms with E-state index in [1.807, 2.05) is 0 Å². The van der Waals surface area contributed by atoms with Crippen LogP contribution in [0.15, 0.2) is 36.5 Å². The molecule has 0 bridgehead atoms. The van der Waals surface area contributed by atoms with Crippen LogP contribution in [0.1, 0.15) is 10.4 Å². The van der Waals surface area contributed by atoms with Crippen molar-refractivity contribution in [1.82, 2.24) is 4.98 Å². The standard InChI is InChI=1S/C13H10FNO2/c1-17-9-5-6-15-13(7-9)10-3-2-4-12(14)11(10)8-16/h2-8H,1H3. The predicted octanol–water partition coefficient (Wildman–Crippen LogP) is 2.71. The average molecular weight is 231 g/mol. The van der Waals surface area contributed by atoms with E-state index in [4.69, 9.17) is 4.74 Å². The molecule has 0 saturated carbocycles. The molecule has 3 nitrogen and oxygen atoms in total. The van der Waals surface area contributed by atoms with Gasteiger partial charge in [-0.2, -0.15) is 0 Å². The van der Waals surface area contributed by atoms with Crippen molar-refractivity contribution >= 4 is 6.29 Å². The Labute approximate surface area is 97.9 Å². The molecule has 17 heavy (non-hydrogen) atoms. The molecule has 0 aliphatic carbocycles. The molecule has 0 fully saturated rings. The molecular formula is C13H10FNO2. The average Bonchev–Trinajstić information content (AvgIpc) is 2.38. The molecule has 0 aliphatic heterocycles. The van der Waals surface area contributed by atoms with E-state index in [9.17, 15) is 9.18 Å². The van der Waals surface area contributed by atoms with Crippen LogP contribution >= 0.6 is 0 Å². The molecule has 0 radical (unpaired) electrons. The SMILES string of the molecule is COc1ccnc(-c2cccc(F)c2C=O)c1. The molecule has 2 rings (SSSR count). The van der Waals surface area contributed by atoms with Crippen molar-refractivity contribution in [3.05, 3.63) is 47.9 Å². The smallest absolute Gasteiger partial charge is 0.153 e. The number of hydrogen-bond donors (Lipinski definition) is 0. The first kappa shape index (κ1) is 11.3. The zero-order chi connectivity index (χ0) is 12.3. The maximum Gasteiger partial charge on any atom is 0.153 e. The number of carbonyl (C=O) groups is 1. The van der Waals surface area contributed by atoms with Crippen molar-refractivity contribution in [2.45, 2.75) is 0 Å². The van der Waals surface area contributed by atoms with Crippen LogP contribution in [0.25, 0.3) is 11.3 Å². The third-order valence-electron chi connectivity index (χ3n) is 2.41. The molecule has 0 spiro atoms. The number of ether oxygens (including phenoxy) is 1. The minimum absolute atomic E-state index is 0.00764. The van der Waals surface area contributed by atoms with E-state index >= 15 is 0 Å². The summed E-state index contributed by atoms with van der Waals surface area (Å²) in [6.45, 7) is 0. The lowest BCUT2D eigenvalue weighted by Crippen LogP contribution is -1.94. The monoisotopic (exact) mass is 231 g/mol. The summed E-state index contributed by atoms with van der Waals surface area (Å²) >= 11 is 0. The summed E-state index contributed by atoms with van der Waals surface area (Å²) in [5.41, 5.74) is 0.970.